The highest BCUT2D eigenvalue weighted by Crippen LogP contribution is 2.27. The Morgan fingerprint density at radius 2 is 1.72 bits per heavy atom. The van der Waals surface area contributed by atoms with Crippen LogP contribution >= 0.6 is 0 Å². The van der Waals surface area contributed by atoms with E-state index in [-0.39, 0.29) is 0 Å². The van der Waals surface area contributed by atoms with Crippen LogP contribution in [0.2, 0.25) is 0 Å². The molecule has 5 heteroatoms. The number of nitrogens with one attached hydrogen (secondary N) is 1. The summed E-state index contributed by atoms with van der Waals surface area (Å²) in [6, 6.07) is 25.9. The standard InChI is InChI=1S/C24H18N4O/c1-2-7-20(8-3-1)27-14-15-28(18-27)21-9-5-11-23(17-21)29-22-10-4-6-19(16-22)24-25-12-13-26-24/h1-17H,(H,25,26). The summed E-state index contributed by atoms with van der Waals surface area (Å²) < 4.78 is 10.00. The lowest BCUT2D eigenvalue weighted by atomic mass is 10.2. The molecule has 0 saturated carbocycles. The number of benzene rings is 3. The molecule has 0 amide bonds. The summed E-state index contributed by atoms with van der Waals surface area (Å²) in [5.41, 5.74) is 3.01. The maximum absolute atomic E-state index is 6.09. The number of rotatable bonds is 5. The Bertz CT molecular complexity index is 1230. The zero-order chi connectivity index (χ0) is 19.5. The van der Waals surface area contributed by atoms with Crippen LogP contribution in [-0.4, -0.2) is 14.5 Å². The molecule has 0 unspecified atom stereocenters. The topological polar surface area (TPSA) is 46.7 Å². The Morgan fingerprint density at radius 3 is 2.55 bits per heavy atom. The van der Waals surface area contributed by atoms with E-state index in [1.165, 1.54) is 0 Å². The number of para-hydroxylation sites is 1. The Kier molecular flexibility index (Phi) is 4.39. The number of aromatic nitrogens is 4. The molecular formula is C24H18N4O. The predicted molar refractivity (Wildman–Crippen MR) is 110 cm³/mol. The van der Waals surface area contributed by atoms with Crippen molar-refractivity contribution in [1.82, 2.24) is 14.5 Å². The van der Waals surface area contributed by atoms with E-state index in [0.717, 1.165) is 34.3 Å². The number of aromatic amines is 1. The van der Waals surface area contributed by atoms with Gasteiger partial charge in [-0.2, -0.15) is 0 Å². The number of H-pyrrole nitrogens is 1. The fourth-order valence-electron chi connectivity index (χ4n) is 3.16. The maximum atomic E-state index is 6.09. The quantitative estimate of drug-likeness (QED) is 0.355. The largest absolute Gasteiger partial charge is 0.458 e. The highest BCUT2D eigenvalue weighted by Gasteiger charge is 2.06. The minimum absolute atomic E-state index is 0.756. The molecule has 5 nitrogen and oxygen atoms in total. The number of ether oxygens (including phenoxy) is 1. The van der Waals surface area contributed by atoms with Crippen LogP contribution < -0.4 is 9.30 Å². The summed E-state index contributed by atoms with van der Waals surface area (Å²) in [5, 5.41) is 0. The molecule has 5 aromatic rings. The summed E-state index contributed by atoms with van der Waals surface area (Å²) in [6.45, 7) is 0. The molecule has 0 radical (unpaired) electrons. The van der Waals surface area contributed by atoms with Crippen molar-refractivity contribution in [3.63, 3.8) is 0 Å². The normalized spacial score (nSPS) is 10.8. The number of nitrogens with zero attached hydrogens (tertiary/aromatic N) is 3. The van der Waals surface area contributed by atoms with Crippen molar-refractivity contribution in [3.8, 4) is 34.3 Å². The molecule has 0 aliphatic rings. The first-order chi connectivity index (χ1) is 14.3. The third-order valence-corrected chi connectivity index (χ3v) is 4.55. The smallest absolute Gasteiger partial charge is 0.268 e. The van der Waals surface area contributed by atoms with Gasteiger partial charge in [0.25, 0.3) is 6.33 Å². The highest BCUT2D eigenvalue weighted by molar-refractivity contribution is 5.57. The van der Waals surface area contributed by atoms with Crippen LogP contribution in [0.15, 0.2) is 104 Å². The van der Waals surface area contributed by atoms with E-state index in [4.69, 9.17) is 4.74 Å². The van der Waals surface area contributed by atoms with Crippen molar-refractivity contribution in [2.45, 2.75) is 0 Å². The summed E-state index contributed by atoms with van der Waals surface area (Å²) in [4.78, 5) is 7.41. The molecule has 3 aromatic carbocycles. The SMILES string of the molecule is [c-]1n(-c2cccc(Oc3cccc(-c4ncc[nH]4)c3)c2)cc[n+]1-c1ccccc1. The zero-order valence-electron chi connectivity index (χ0n) is 15.6. The Balaban J connectivity index is 1.40. The van der Waals surface area contributed by atoms with Crippen molar-refractivity contribution < 1.29 is 9.30 Å². The van der Waals surface area contributed by atoms with Gasteiger partial charge in [0.05, 0.1) is 11.4 Å². The molecule has 0 atom stereocenters. The van der Waals surface area contributed by atoms with Crippen molar-refractivity contribution in [2.75, 3.05) is 0 Å². The third kappa shape index (κ3) is 3.66. The van der Waals surface area contributed by atoms with Crippen molar-refractivity contribution in [3.05, 3.63) is 110 Å². The molecular weight excluding hydrogens is 360 g/mol. The molecule has 2 heterocycles. The van der Waals surface area contributed by atoms with Gasteiger partial charge in [-0.3, -0.25) is 9.13 Å². The van der Waals surface area contributed by atoms with Crippen LogP contribution in [0.4, 0.5) is 0 Å². The lowest BCUT2D eigenvalue weighted by Crippen LogP contribution is -2.27. The fourth-order valence-corrected chi connectivity index (χ4v) is 3.16. The lowest BCUT2D eigenvalue weighted by molar-refractivity contribution is -0.599. The van der Waals surface area contributed by atoms with Crippen LogP contribution in [0.25, 0.3) is 22.8 Å². The van der Waals surface area contributed by atoms with Crippen LogP contribution in [0.3, 0.4) is 0 Å². The van der Waals surface area contributed by atoms with Crippen molar-refractivity contribution in [2.24, 2.45) is 0 Å². The summed E-state index contributed by atoms with van der Waals surface area (Å²) in [5.74, 6) is 2.33. The Hall–Kier alpha value is -4.12. The average Bonchev–Trinajstić information content (AvgIpc) is 3.47. The van der Waals surface area contributed by atoms with Crippen LogP contribution in [-0.2, 0) is 0 Å². The van der Waals surface area contributed by atoms with Gasteiger partial charge in [-0.15, -0.1) is 0 Å². The molecule has 2 aromatic heterocycles. The van der Waals surface area contributed by atoms with E-state index in [0.29, 0.717) is 0 Å². The van der Waals surface area contributed by atoms with E-state index in [1.54, 1.807) is 6.20 Å². The van der Waals surface area contributed by atoms with Gasteiger partial charge >= 0.3 is 0 Å². The molecule has 0 saturated heterocycles. The van der Waals surface area contributed by atoms with E-state index in [9.17, 15) is 0 Å². The third-order valence-electron chi connectivity index (χ3n) is 4.55. The Labute approximate surface area is 168 Å². The molecule has 140 valence electrons. The summed E-state index contributed by atoms with van der Waals surface area (Å²) in [7, 11) is 0. The number of hydrogen-bond acceptors (Lipinski definition) is 2. The number of imidazole rings is 2. The van der Waals surface area contributed by atoms with Crippen LogP contribution in [0.5, 0.6) is 11.5 Å². The van der Waals surface area contributed by atoms with E-state index < -0.39 is 0 Å². The van der Waals surface area contributed by atoms with E-state index in [1.807, 2.05) is 107 Å². The summed E-state index contributed by atoms with van der Waals surface area (Å²) >= 11 is 0. The second-order valence-corrected chi connectivity index (χ2v) is 6.54. The molecule has 5 rings (SSSR count). The zero-order valence-corrected chi connectivity index (χ0v) is 15.6. The molecule has 0 bridgehead atoms. The minimum atomic E-state index is 0.756. The van der Waals surface area contributed by atoms with Crippen molar-refractivity contribution in [1.29, 1.82) is 0 Å². The van der Waals surface area contributed by atoms with Gasteiger partial charge in [-0.05, 0) is 42.5 Å². The van der Waals surface area contributed by atoms with E-state index in [2.05, 4.69) is 16.3 Å². The van der Waals surface area contributed by atoms with Crippen LogP contribution in [0, 0.1) is 6.33 Å². The molecule has 0 aliphatic carbocycles. The van der Waals surface area contributed by atoms with Gasteiger partial charge in [0.15, 0.2) is 0 Å². The predicted octanol–water partition coefficient (Wildman–Crippen LogP) is 4.74. The molecule has 0 spiro atoms. The monoisotopic (exact) mass is 378 g/mol. The first kappa shape index (κ1) is 17.0. The van der Waals surface area contributed by atoms with Gasteiger partial charge in [-0.25, -0.2) is 4.98 Å². The molecule has 1 N–H and O–H groups in total. The first-order valence-electron chi connectivity index (χ1n) is 9.31. The maximum Gasteiger partial charge on any atom is 0.268 e. The van der Waals surface area contributed by atoms with Crippen molar-refractivity contribution >= 4 is 0 Å². The first-order valence-corrected chi connectivity index (χ1v) is 9.31. The van der Waals surface area contributed by atoms with Gasteiger partial charge in [0.1, 0.15) is 17.3 Å². The minimum Gasteiger partial charge on any atom is -0.458 e. The van der Waals surface area contributed by atoms with Gasteiger partial charge in [0, 0.05) is 30.4 Å². The lowest BCUT2D eigenvalue weighted by Gasteiger charge is -2.09. The summed E-state index contributed by atoms with van der Waals surface area (Å²) in [6.07, 6.45) is 10.8. The fraction of sp³-hybridized carbons (Fsp3) is 0. The average molecular weight is 378 g/mol. The van der Waals surface area contributed by atoms with E-state index >= 15 is 0 Å². The molecule has 0 aliphatic heterocycles. The molecule has 0 fully saturated rings. The second kappa shape index (κ2) is 7.48. The number of hydrogen-bond donors (Lipinski definition) is 1. The highest BCUT2D eigenvalue weighted by atomic mass is 16.5. The Morgan fingerprint density at radius 1 is 0.897 bits per heavy atom. The van der Waals surface area contributed by atoms with Gasteiger partial charge < -0.3 is 9.72 Å². The van der Waals surface area contributed by atoms with Gasteiger partial charge in [-0.1, -0.05) is 36.4 Å². The second-order valence-electron chi connectivity index (χ2n) is 6.54. The van der Waals surface area contributed by atoms with Gasteiger partial charge in [0.2, 0.25) is 0 Å². The van der Waals surface area contributed by atoms with Crippen LogP contribution in [0.1, 0.15) is 0 Å². The molecule has 29 heavy (non-hydrogen) atoms.